The van der Waals surface area contributed by atoms with Gasteiger partial charge in [-0.2, -0.15) is 0 Å². The van der Waals surface area contributed by atoms with Crippen molar-refractivity contribution in [3.8, 4) is 0 Å². The minimum absolute atomic E-state index is 0.166. The van der Waals surface area contributed by atoms with Gasteiger partial charge in [0, 0.05) is 32.2 Å². The molecule has 0 unspecified atom stereocenters. The number of amides is 1. The van der Waals surface area contributed by atoms with E-state index in [-0.39, 0.29) is 5.91 Å². The lowest BCUT2D eigenvalue weighted by molar-refractivity contribution is 0.0950. The third-order valence-electron chi connectivity index (χ3n) is 2.65. The Labute approximate surface area is 117 Å². The molecule has 0 fully saturated rings. The van der Waals surface area contributed by atoms with Crippen molar-refractivity contribution in [2.45, 2.75) is 13.5 Å². The van der Waals surface area contributed by atoms with Crippen LogP contribution in [0, 0.1) is 6.92 Å². The molecule has 0 aliphatic rings. The molecule has 2 aromatic rings. The highest BCUT2D eigenvalue weighted by molar-refractivity contribution is 5.93. The zero-order valence-corrected chi connectivity index (χ0v) is 11.8. The van der Waals surface area contributed by atoms with Crippen LogP contribution in [0.15, 0.2) is 30.6 Å². The first-order valence-corrected chi connectivity index (χ1v) is 6.26. The SMILES string of the molecule is Cc1cc(CNC(=O)c2cccnc2)nc(N(C)C)n1. The van der Waals surface area contributed by atoms with Gasteiger partial charge >= 0.3 is 0 Å². The van der Waals surface area contributed by atoms with E-state index >= 15 is 0 Å². The van der Waals surface area contributed by atoms with Crippen LogP contribution in [0.2, 0.25) is 0 Å². The van der Waals surface area contributed by atoms with Crippen molar-refractivity contribution in [2.24, 2.45) is 0 Å². The molecular weight excluding hydrogens is 254 g/mol. The van der Waals surface area contributed by atoms with Crippen LogP contribution >= 0.6 is 0 Å². The van der Waals surface area contributed by atoms with Gasteiger partial charge in [0.15, 0.2) is 0 Å². The normalized spacial score (nSPS) is 10.2. The molecule has 2 rings (SSSR count). The monoisotopic (exact) mass is 271 g/mol. The van der Waals surface area contributed by atoms with E-state index in [1.165, 1.54) is 6.20 Å². The predicted molar refractivity (Wildman–Crippen MR) is 76.5 cm³/mol. The summed E-state index contributed by atoms with van der Waals surface area (Å²) < 4.78 is 0. The summed E-state index contributed by atoms with van der Waals surface area (Å²) in [4.78, 5) is 26.4. The lowest BCUT2D eigenvalue weighted by Crippen LogP contribution is -2.24. The summed E-state index contributed by atoms with van der Waals surface area (Å²) in [6, 6.07) is 5.31. The van der Waals surface area contributed by atoms with E-state index in [2.05, 4.69) is 20.3 Å². The zero-order valence-electron chi connectivity index (χ0n) is 11.8. The van der Waals surface area contributed by atoms with Gasteiger partial charge in [0.2, 0.25) is 5.95 Å². The highest BCUT2D eigenvalue weighted by atomic mass is 16.1. The highest BCUT2D eigenvalue weighted by Crippen LogP contribution is 2.07. The second-order valence-corrected chi connectivity index (χ2v) is 4.62. The van der Waals surface area contributed by atoms with Gasteiger partial charge in [-0.25, -0.2) is 9.97 Å². The summed E-state index contributed by atoms with van der Waals surface area (Å²) in [5.41, 5.74) is 2.18. The molecular formula is C14H17N5O. The van der Waals surface area contributed by atoms with Crippen LogP contribution in [-0.2, 0) is 6.54 Å². The maximum absolute atomic E-state index is 11.9. The number of rotatable bonds is 4. The fourth-order valence-electron chi connectivity index (χ4n) is 1.68. The average molecular weight is 271 g/mol. The number of aryl methyl sites for hydroxylation is 1. The van der Waals surface area contributed by atoms with Crippen molar-refractivity contribution < 1.29 is 4.79 Å². The van der Waals surface area contributed by atoms with Crippen LogP contribution in [0.25, 0.3) is 0 Å². The number of carbonyl (C=O) groups is 1. The molecule has 0 spiro atoms. The van der Waals surface area contributed by atoms with Gasteiger partial charge in [-0.3, -0.25) is 9.78 Å². The Bertz CT molecular complexity index is 598. The zero-order chi connectivity index (χ0) is 14.5. The van der Waals surface area contributed by atoms with Gasteiger partial charge in [-0.05, 0) is 25.1 Å². The van der Waals surface area contributed by atoms with E-state index in [0.717, 1.165) is 11.4 Å². The molecule has 0 aliphatic heterocycles. The topological polar surface area (TPSA) is 71.0 Å². The maximum Gasteiger partial charge on any atom is 0.253 e. The molecule has 1 amide bonds. The molecule has 104 valence electrons. The number of nitrogens with zero attached hydrogens (tertiary/aromatic N) is 4. The van der Waals surface area contributed by atoms with Crippen molar-refractivity contribution in [1.82, 2.24) is 20.3 Å². The number of pyridine rings is 1. The van der Waals surface area contributed by atoms with E-state index in [0.29, 0.717) is 18.1 Å². The molecule has 6 heteroatoms. The predicted octanol–water partition coefficient (Wildman–Crippen LogP) is 1.18. The molecule has 2 aromatic heterocycles. The van der Waals surface area contributed by atoms with Crippen LogP contribution in [0.1, 0.15) is 21.7 Å². The third kappa shape index (κ3) is 3.50. The summed E-state index contributed by atoms with van der Waals surface area (Å²) in [5, 5.41) is 2.82. The third-order valence-corrected chi connectivity index (χ3v) is 2.65. The maximum atomic E-state index is 11.9. The molecule has 20 heavy (non-hydrogen) atoms. The standard InChI is InChI=1S/C14H17N5O/c1-10-7-12(18-14(17-10)19(2)3)9-16-13(20)11-5-4-6-15-8-11/h4-8H,9H2,1-3H3,(H,16,20). The molecule has 1 N–H and O–H groups in total. The number of anilines is 1. The number of carbonyl (C=O) groups excluding carboxylic acids is 1. The fourth-order valence-corrected chi connectivity index (χ4v) is 1.68. The molecule has 0 aliphatic carbocycles. The van der Waals surface area contributed by atoms with E-state index in [9.17, 15) is 4.79 Å². The quantitative estimate of drug-likeness (QED) is 0.904. The highest BCUT2D eigenvalue weighted by Gasteiger charge is 2.07. The van der Waals surface area contributed by atoms with Crippen LogP contribution in [-0.4, -0.2) is 35.0 Å². The van der Waals surface area contributed by atoms with Gasteiger partial charge in [0.1, 0.15) is 0 Å². The van der Waals surface area contributed by atoms with Crippen LogP contribution < -0.4 is 10.2 Å². The van der Waals surface area contributed by atoms with Crippen molar-refractivity contribution in [3.63, 3.8) is 0 Å². The summed E-state index contributed by atoms with van der Waals surface area (Å²) in [6.45, 7) is 2.26. The minimum atomic E-state index is -0.166. The Balaban J connectivity index is 2.06. The van der Waals surface area contributed by atoms with E-state index in [4.69, 9.17) is 0 Å². The van der Waals surface area contributed by atoms with Gasteiger partial charge < -0.3 is 10.2 Å². The van der Waals surface area contributed by atoms with Gasteiger partial charge in [-0.1, -0.05) is 0 Å². The van der Waals surface area contributed by atoms with Crippen molar-refractivity contribution in [1.29, 1.82) is 0 Å². The number of nitrogens with one attached hydrogen (secondary N) is 1. The first kappa shape index (κ1) is 13.9. The summed E-state index contributed by atoms with van der Waals surface area (Å²) >= 11 is 0. The summed E-state index contributed by atoms with van der Waals surface area (Å²) in [7, 11) is 3.76. The van der Waals surface area contributed by atoms with Gasteiger partial charge in [0.05, 0.1) is 17.8 Å². The molecule has 0 bridgehead atoms. The van der Waals surface area contributed by atoms with E-state index < -0.39 is 0 Å². The van der Waals surface area contributed by atoms with Crippen molar-refractivity contribution in [3.05, 3.63) is 47.5 Å². The minimum Gasteiger partial charge on any atom is -0.347 e. The molecule has 0 atom stereocenters. The number of aromatic nitrogens is 3. The first-order chi connectivity index (χ1) is 9.56. The van der Waals surface area contributed by atoms with Crippen LogP contribution in [0.3, 0.4) is 0 Å². The van der Waals surface area contributed by atoms with Crippen molar-refractivity contribution in [2.75, 3.05) is 19.0 Å². The van der Waals surface area contributed by atoms with E-state index in [1.807, 2.05) is 32.0 Å². The molecule has 0 saturated carbocycles. The lowest BCUT2D eigenvalue weighted by Gasteiger charge is -2.12. The summed E-state index contributed by atoms with van der Waals surface area (Å²) in [6.07, 6.45) is 3.17. The molecule has 2 heterocycles. The average Bonchev–Trinajstić information content (AvgIpc) is 2.45. The molecule has 0 aromatic carbocycles. The Morgan fingerprint density at radius 3 is 2.80 bits per heavy atom. The second kappa shape index (κ2) is 6.10. The molecule has 0 radical (unpaired) electrons. The first-order valence-electron chi connectivity index (χ1n) is 6.26. The largest absolute Gasteiger partial charge is 0.347 e. The Morgan fingerprint density at radius 2 is 2.15 bits per heavy atom. The van der Waals surface area contributed by atoms with Gasteiger partial charge in [-0.15, -0.1) is 0 Å². The number of hydrogen-bond donors (Lipinski definition) is 1. The Kier molecular flexibility index (Phi) is 4.24. The van der Waals surface area contributed by atoms with E-state index in [1.54, 1.807) is 18.3 Å². The molecule has 6 nitrogen and oxygen atoms in total. The van der Waals surface area contributed by atoms with Gasteiger partial charge in [0.25, 0.3) is 5.91 Å². The Morgan fingerprint density at radius 1 is 1.35 bits per heavy atom. The smallest absolute Gasteiger partial charge is 0.253 e. The lowest BCUT2D eigenvalue weighted by atomic mass is 10.2. The second-order valence-electron chi connectivity index (χ2n) is 4.62. The summed E-state index contributed by atoms with van der Waals surface area (Å²) in [5.74, 6) is 0.469. The van der Waals surface area contributed by atoms with Crippen LogP contribution in [0.5, 0.6) is 0 Å². The molecule has 0 saturated heterocycles. The Hall–Kier alpha value is -2.50. The van der Waals surface area contributed by atoms with Crippen LogP contribution in [0.4, 0.5) is 5.95 Å². The number of hydrogen-bond acceptors (Lipinski definition) is 5. The van der Waals surface area contributed by atoms with Crippen molar-refractivity contribution >= 4 is 11.9 Å². The fraction of sp³-hybridized carbons (Fsp3) is 0.286.